The first kappa shape index (κ1) is 28.6. The largest absolute Gasteiger partial charge is 0.497 e. The fourth-order valence-electron chi connectivity index (χ4n) is 4.35. The van der Waals surface area contributed by atoms with Gasteiger partial charge in [-0.05, 0) is 78.2 Å². The van der Waals surface area contributed by atoms with Gasteiger partial charge in [0.2, 0.25) is 0 Å². The van der Waals surface area contributed by atoms with Gasteiger partial charge in [0, 0.05) is 30.7 Å². The average molecular weight is 587 g/mol. The second kappa shape index (κ2) is 12.3. The van der Waals surface area contributed by atoms with Gasteiger partial charge in [-0.15, -0.1) is 0 Å². The fraction of sp³-hybridized carbons (Fsp3) is 0.0882. The lowest BCUT2D eigenvalue weighted by Gasteiger charge is -2.15. The summed E-state index contributed by atoms with van der Waals surface area (Å²) in [5, 5.41) is 0. The number of halogens is 3. The van der Waals surface area contributed by atoms with Crippen LogP contribution in [0.3, 0.4) is 0 Å². The molecule has 5 rings (SSSR count). The van der Waals surface area contributed by atoms with E-state index >= 15 is 0 Å². The molecule has 0 aromatic heterocycles. The number of carbonyl (C=O) groups is 1. The third-order valence-electron chi connectivity index (χ3n) is 6.49. The zero-order valence-corrected chi connectivity index (χ0v) is 23.9. The quantitative estimate of drug-likeness (QED) is 0.169. The average Bonchev–Trinajstić information content (AvgIpc) is 2.98. The van der Waals surface area contributed by atoms with Gasteiger partial charge in [-0.3, -0.25) is 4.79 Å². The van der Waals surface area contributed by atoms with Gasteiger partial charge >= 0.3 is 6.18 Å². The molecule has 0 radical (unpaired) electrons. The fourth-order valence-corrected chi connectivity index (χ4v) is 6.31. The van der Waals surface area contributed by atoms with Gasteiger partial charge in [0.15, 0.2) is 5.78 Å². The molecule has 0 saturated carbocycles. The van der Waals surface area contributed by atoms with Gasteiger partial charge in [0.05, 0.1) is 12.7 Å². The highest BCUT2D eigenvalue weighted by Crippen LogP contribution is 2.43. The van der Waals surface area contributed by atoms with E-state index in [1.165, 1.54) is 23.9 Å². The molecule has 0 heterocycles. The Bertz CT molecular complexity index is 1680. The molecule has 0 amide bonds. The Morgan fingerprint density at radius 1 is 0.707 bits per heavy atom. The van der Waals surface area contributed by atoms with E-state index in [-0.39, 0.29) is 10.7 Å². The van der Waals surface area contributed by atoms with Crippen LogP contribution in [-0.2, 0) is 6.18 Å². The maximum atomic E-state index is 13.6. The van der Waals surface area contributed by atoms with Crippen LogP contribution >= 0.6 is 23.5 Å². The van der Waals surface area contributed by atoms with E-state index in [0.717, 1.165) is 44.3 Å². The lowest BCUT2D eigenvalue weighted by atomic mass is 9.99. The minimum atomic E-state index is -4.45. The van der Waals surface area contributed by atoms with Crippen LogP contribution in [0.4, 0.5) is 13.2 Å². The molecule has 0 spiro atoms. The number of benzene rings is 5. The molecule has 0 aliphatic rings. The minimum absolute atomic E-state index is 0.0175. The number of carbonyl (C=O) groups excluding carboxylic acids is 1. The number of ether oxygens (including phenoxy) is 1. The van der Waals surface area contributed by atoms with E-state index in [4.69, 9.17) is 4.74 Å². The van der Waals surface area contributed by atoms with Crippen LogP contribution in [-0.4, -0.2) is 12.9 Å². The van der Waals surface area contributed by atoms with Crippen LogP contribution in [0.2, 0.25) is 0 Å². The van der Waals surface area contributed by atoms with E-state index < -0.39 is 11.7 Å². The Kier molecular flexibility index (Phi) is 8.57. The van der Waals surface area contributed by atoms with Crippen molar-refractivity contribution in [2.45, 2.75) is 32.7 Å². The summed E-state index contributed by atoms with van der Waals surface area (Å²) in [5.41, 5.74) is 3.18. The SMILES string of the molecule is COc1ccc(Sc2ccccc2C(F)(F)F)c(-c2ccc(Sc3ccc(C)c(C(=O)c4ccccc4)c3)cc2)c1. The molecule has 5 aromatic rings. The molecule has 0 aliphatic carbocycles. The van der Waals surface area contributed by atoms with Crippen LogP contribution in [0.15, 0.2) is 135 Å². The zero-order valence-electron chi connectivity index (χ0n) is 22.2. The number of hydrogen-bond donors (Lipinski definition) is 0. The molecule has 0 atom stereocenters. The minimum Gasteiger partial charge on any atom is -0.497 e. The number of alkyl halides is 3. The molecular weight excluding hydrogens is 562 g/mol. The maximum Gasteiger partial charge on any atom is 0.417 e. The smallest absolute Gasteiger partial charge is 0.417 e. The van der Waals surface area contributed by atoms with Crippen molar-refractivity contribution in [1.82, 2.24) is 0 Å². The summed E-state index contributed by atoms with van der Waals surface area (Å²) in [5.74, 6) is 0.596. The third-order valence-corrected chi connectivity index (χ3v) is 8.64. The Labute approximate surface area is 245 Å². The lowest BCUT2D eigenvalue weighted by molar-refractivity contribution is -0.139. The Morgan fingerprint density at radius 2 is 1.39 bits per heavy atom. The van der Waals surface area contributed by atoms with Crippen molar-refractivity contribution in [3.8, 4) is 16.9 Å². The first-order valence-electron chi connectivity index (χ1n) is 12.7. The van der Waals surface area contributed by atoms with Crippen molar-refractivity contribution in [3.05, 3.63) is 138 Å². The van der Waals surface area contributed by atoms with Crippen LogP contribution in [0, 0.1) is 6.92 Å². The van der Waals surface area contributed by atoms with Crippen molar-refractivity contribution in [2.24, 2.45) is 0 Å². The number of ketones is 1. The molecule has 206 valence electrons. The van der Waals surface area contributed by atoms with Gasteiger partial charge in [0.1, 0.15) is 5.75 Å². The summed E-state index contributed by atoms with van der Waals surface area (Å²) in [6.45, 7) is 1.93. The summed E-state index contributed by atoms with van der Waals surface area (Å²) in [7, 11) is 1.56. The standard InChI is InChI=1S/C34H25F3O2S2/c1-22-12-16-27(21-28(22)33(38)24-8-4-3-5-9-24)40-26-17-13-23(14-18-26)29-20-25(39-2)15-19-31(29)41-32-11-7-6-10-30(32)34(35,36)37/h3-21H,1-2H3. The van der Waals surface area contributed by atoms with Crippen molar-refractivity contribution < 1.29 is 22.7 Å². The lowest BCUT2D eigenvalue weighted by Crippen LogP contribution is -2.06. The summed E-state index contributed by atoms with van der Waals surface area (Å²) in [6, 6.07) is 33.8. The first-order chi connectivity index (χ1) is 19.7. The van der Waals surface area contributed by atoms with Crippen LogP contribution < -0.4 is 4.74 Å². The molecule has 0 fully saturated rings. The van der Waals surface area contributed by atoms with Crippen molar-refractivity contribution >= 4 is 29.3 Å². The molecular formula is C34H25F3O2S2. The van der Waals surface area contributed by atoms with Crippen molar-refractivity contribution in [1.29, 1.82) is 0 Å². The highest BCUT2D eigenvalue weighted by Gasteiger charge is 2.33. The summed E-state index contributed by atoms with van der Waals surface area (Å²) < 4.78 is 46.3. The summed E-state index contributed by atoms with van der Waals surface area (Å²) >= 11 is 2.62. The van der Waals surface area contributed by atoms with Gasteiger partial charge in [0.25, 0.3) is 0 Å². The number of rotatable bonds is 8. The van der Waals surface area contributed by atoms with Crippen molar-refractivity contribution in [2.75, 3.05) is 7.11 Å². The molecule has 41 heavy (non-hydrogen) atoms. The molecule has 0 saturated heterocycles. The van der Waals surface area contributed by atoms with Gasteiger partial charge < -0.3 is 4.74 Å². The van der Waals surface area contributed by atoms with Crippen LogP contribution in [0.1, 0.15) is 27.0 Å². The number of hydrogen-bond acceptors (Lipinski definition) is 4. The third kappa shape index (κ3) is 6.69. The van der Waals surface area contributed by atoms with E-state index in [2.05, 4.69) is 0 Å². The second-order valence-electron chi connectivity index (χ2n) is 9.26. The molecule has 0 N–H and O–H groups in total. The Hall–Kier alpha value is -3.94. The van der Waals surface area contributed by atoms with Crippen molar-refractivity contribution in [3.63, 3.8) is 0 Å². The van der Waals surface area contributed by atoms with Crippen LogP contribution in [0.5, 0.6) is 5.75 Å². The highest BCUT2D eigenvalue weighted by atomic mass is 32.2. The molecule has 0 aliphatic heterocycles. The van der Waals surface area contributed by atoms with E-state index in [1.54, 1.807) is 25.3 Å². The maximum absolute atomic E-state index is 13.6. The predicted molar refractivity (Wildman–Crippen MR) is 159 cm³/mol. The highest BCUT2D eigenvalue weighted by molar-refractivity contribution is 7.99. The topological polar surface area (TPSA) is 26.3 Å². The van der Waals surface area contributed by atoms with Gasteiger partial charge in [-0.25, -0.2) is 0 Å². The predicted octanol–water partition coefficient (Wildman–Crippen LogP) is 10.2. The molecule has 5 aromatic carbocycles. The zero-order chi connectivity index (χ0) is 29.0. The molecule has 2 nitrogen and oxygen atoms in total. The van der Waals surface area contributed by atoms with E-state index in [1.807, 2.05) is 85.8 Å². The molecule has 7 heteroatoms. The Balaban J connectivity index is 1.42. The number of aryl methyl sites for hydroxylation is 1. The molecule has 0 bridgehead atoms. The van der Waals surface area contributed by atoms with Gasteiger partial charge in [-0.1, -0.05) is 84.2 Å². The van der Waals surface area contributed by atoms with Gasteiger partial charge in [-0.2, -0.15) is 13.2 Å². The first-order valence-corrected chi connectivity index (χ1v) is 14.4. The normalized spacial score (nSPS) is 11.3. The Morgan fingerprint density at radius 3 is 2.10 bits per heavy atom. The monoisotopic (exact) mass is 586 g/mol. The summed E-state index contributed by atoms with van der Waals surface area (Å²) in [6.07, 6.45) is -4.45. The van der Waals surface area contributed by atoms with Crippen LogP contribution in [0.25, 0.3) is 11.1 Å². The number of methoxy groups -OCH3 is 1. The van der Waals surface area contributed by atoms with E-state index in [9.17, 15) is 18.0 Å². The summed E-state index contributed by atoms with van der Waals surface area (Å²) in [4.78, 5) is 15.8. The van der Waals surface area contributed by atoms with E-state index in [0.29, 0.717) is 21.8 Å². The molecule has 0 unspecified atom stereocenters. The second-order valence-corrected chi connectivity index (χ2v) is 11.5.